The molecule has 0 bridgehead atoms. The van der Waals surface area contributed by atoms with Gasteiger partial charge in [0.2, 0.25) is 0 Å². The molecular weight excluding hydrogens is 216 g/mol. The van der Waals surface area contributed by atoms with Crippen molar-refractivity contribution in [2.45, 2.75) is 58.1 Å². The number of nitrogens with zero attached hydrogens (tertiary/aromatic N) is 1. The first-order valence-electron chi connectivity index (χ1n) is 6.58. The minimum absolute atomic E-state index is 0.194. The summed E-state index contributed by atoms with van der Waals surface area (Å²) in [5, 5.41) is 0. The molecule has 2 rings (SSSR count). The van der Waals surface area contributed by atoms with Crippen molar-refractivity contribution >= 4 is 6.09 Å². The third kappa shape index (κ3) is 2.28. The molecule has 0 radical (unpaired) electrons. The van der Waals surface area contributed by atoms with E-state index in [0.29, 0.717) is 12.0 Å². The van der Waals surface area contributed by atoms with Crippen LogP contribution in [0.2, 0.25) is 0 Å². The lowest BCUT2D eigenvalue weighted by Crippen LogP contribution is -2.68. The van der Waals surface area contributed by atoms with E-state index in [1.165, 1.54) is 25.7 Å². The zero-order chi connectivity index (χ0) is 12.7. The summed E-state index contributed by atoms with van der Waals surface area (Å²) in [5.41, 5.74) is 5.72. The molecule has 2 aliphatic rings. The number of carbonyl (C=O) groups is 1. The summed E-state index contributed by atoms with van der Waals surface area (Å²) in [4.78, 5) is 13.8. The molecule has 1 aliphatic carbocycles. The van der Waals surface area contributed by atoms with Gasteiger partial charge in [-0.05, 0) is 33.6 Å². The van der Waals surface area contributed by atoms with Crippen LogP contribution in [0.4, 0.5) is 4.79 Å². The van der Waals surface area contributed by atoms with Crippen molar-refractivity contribution in [3.05, 3.63) is 0 Å². The van der Waals surface area contributed by atoms with E-state index in [9.17, 15) is 4.79 Å². The van der Waals surface area contributed by atoms with Crippen LogP contribution in [0.1, 0.15) is 46.5 Å². The van der Waals surface area contributed by atoms with Crippen LogP contribution in [0.15, 0.2) is 0 Å². The van der Waals surface area contributed by atoms with Gasteiger partial charge in [0.05, 0.1) is 6.04 Å². The Morgan fingerprint density at radius 1 is 1.41 bits per heavy atom. The van der Waals surface area contributed by atoms with Crippen molar-refractivity contribution in [1.82, 2.24) is 4.90 Å². The van der Waals surface area contributed by atoms with Crippen LogP contribution >= 0.6 is 0 Å². The number of nitrogens with two attached hydrogens (primary N) is 1. The fourth-order valence-electron chi connectivity index (χ4n) is 3.23. The highest BCUT2D eigenvalue weighted by Crippen LogP contribution is 2.50. The number of amides is 1. The van der Waals surface area contributed by atoms with Gasteiger partial charge in [-0.2, -0.15) is 0 Å². The van der Waals surface area contributed by atoms with Crippen molar-refractivity contribution in [2.75, 3.05) is 13.1 Å². The molecule has 0 aromatic heterocycles. The molecule has 1 amide bonds. The summed E-state index contributed by atoms with van der Waals surface area (Å²) in [7, 11) is 0. The van der Waals surface area contributed by atoms with Crippen LogP contribution in [-0.4, -0.2) is 35.7 Å². The number of hydrogen-bond donors (Lipinski definition) is 1. The number of likely N-dealkylation sites (tertiary alicyclic amines) is 1. The van der Waals surface area contributed by atoms with E-state index in [2.05, 4.69) is 0 Å². The minimum atomic E-state index is -0.422. The van der Waals surface area contributed by atoms with E-state index in [1.807, 2.05) is 25.7 Å². The molecule has 2 N–H and O–H groups in total. The Labute approximate surface area is 103 Å². The molecule has 98 valence electrons. The topological polar surface area (TPSA) is 55.6 Å². The van der Waals surface area contributed by atoms with Crippen LogP contribution in [-0.2, 0) is 4.74 Å². The summed E-state index contributed by atoms with van der Waals surface area (Å²) in [5.74, 6) is 0. The Morgan fingerprint density at radius 3 is 2.47 bits per heavy atom. The molecule has 1 saturated carbocycles. The van der Waals surface area contributed by atoms with Gasteiger partial charge in [-0.1, -0.05) is 12.8 Å². The summed E-state index contributed by atoms with van der Waals surface area (Å²) < 4.78 is 5.41. The highest BCUT2D eigenvalue weighted by Gasteiger charge is 2.55. The molecule has 2 fully saturated rings. The largest absolute Gasteiger partial charge is 0.444 e. The van der Waals surface area contributed by atoms with Crippen LogP contribution < -0.4 is 5.73 Å². The molecule has 1 saturated heterocycles. The second-order valence-electron chi connectivity index (χ2n) is 6.43. The Bertz CT molecular complexity index is 303. The van der Waals surface area contributed by atoms with Gasteiger partial charge in [0.15, 0.2) is 0 Å². The average Bonchev–Trinajstić information content (AvgIpc) is 2.62. The molecule has 4 nitrogen and oxygen atoms in total. The SMILES string of the molecule is CC(C)(C)OC(=O)N1CC2(CCCC2)C1CN. The number of rotatable bonds is 1. The van der Waals surface area contributed by atoms with Gasteiger partial charge in [0.1, 0.15) is 5.60 Å². The summed E-state index contributed by atoms with van der Waals surface area (Å²) in [6, 6.07) is 0.194. The van der Waals surface area contributed by atoms with Crippen molar-refractivity contribution in [2.24, 2.45) is 11.1 Å². The minimum Gasteiger partial charge on any atom is -0.444 e. The number of ether oxygens (including phenoxy) is 1. The third-order valence-corrected chi connectivity index (χ3v) is 4.02. The van der Waals surface area contributed by atoms with Crippen molar-refractivity contribution in [3.63, 3.8) is 0 Å². The highest BCUT2D eigenvalue weighted by atomic mass is 16.6. The highest BCUT2D eigenvalue weighted by molar-refractivity contribution is 5.70. The lowest BCUT2D eigenvalue weighted by Gasteiger charge is -2.55. The summed E-state index contributed by atoms with van der Waals surface area (Å²) in [6.07, 6.45) is 4.78. The van der Waals surface area contributed by atoms with E-state index < -0.39 is 5.60 Å². The molecular formula is C13H24N2O2. The van der Waals surface area contributed by atoms with Gasteiger partial charge in [0, 0.05) is 18.5 Å². The second kappa shape index (κ2) is 4.16. The lowest BCUT2D eigenvalue weighted by molar-refractivity contribution is -0.0741. The zero-order valence-electron chi connectivity index (χ0n) is 11.2. The maximum Gasteiger partial charge on any atom is 0.410 e. The van der Waals surface area contributed by atoms with E-state index in [0.717, 1.165) is 6.54 Å². The number of hydrogen-bond acceptors (Lipinski definition) is 3. The van der Waals surface area contributed by atoms with Gasteiger partial charge < -0.3 is 15.4 Å². The molecule has 0 aromatic rings. The maximum absolute atomic E-state index is 12.0. The van der Waals surface area contributed by atoms with E-state index >= 15 is 0 Å². The summed E-state index contributed by atoms with van der Waals surface area (Å²) >= 11 is 0. The maximum atomic E-state index is 12.0. The van der Waals surface area contributed by atoms with Crippen LogP contribution in [0, 0.1) is 5.41 Å². The van der Waals surface area contributed by atoms with Crippen LogP contribution in [0.3, 0.4) is 0 Å². The van der Waals surface area contributed by atoms with E-state index in [1.54, 1.807) is 0 Å². The number of carbonyl (C=O) groups excluding carboxylic acids is 1. The lowest BCUT2D eigenvalue weighted by atomic mass is 9.70. The average molecular weight is 240 g/mol. The van der Waals surface area contributed by atoms with E-state index in [4.69, 9.17) is 10.5 Å². The predicted octanol–water partition coefficient (Wildman–Crippen LogP) is 2.12. The van der Waals surface area contributed by atoms with Crippen molar-refractivity contribution < 1.29 is 9.53 Å². The Morgan fingerprint density at radius 2 is 2.00 bits per heavy atom. The monoisotopic (exact) mass is 240 g/mol. The molecule has 4 heteroatoms. The first-order chi connectivity index (χ1) is 7.88. The third-order valence-electron chi connectivity index (χ3n) is 4.02. The second-order valence-corrected chi connectivity index (χ2v) is 6.43. The molecule has 1 unspecified atom stereocenters. The Hall–Kier alpha value is -0.770. The first-order valence-corrected chi connectivity index (χ1v) is 6.58. The normalized spacial score (nSPS) is 27.1. The standard InChI is InChI=1S/C13H24N2O2/c1-12(2,3)17-11(16)15-9-13(10(15)8-14)6-4-5-7-13/h10H,4-9,14H2,1-3H3. The van der Waals surface area contributed by atoms with Crippen molar-refractivity contribution in [1.29, 1.82) is 0 Å². The fraction of sp³-hybridized carbons (Fsp3) is 0.923. The Balaban J connectivity index is 1.98. The van der Waals surface area contributed by atoms with Gasteiger partial charge in [0.25, 0.3) is 0 Å². The van der Waals surface area contributed by atoms with Crippen molar-refractivity contribution in [3.8, 4) is 0 Å². The van der Waals surface area contributed by atoms with Gasteiger partial charge in [-0.3, -0.25) is 0 Å². The van der Waals surface area contributed by atoms with Crippen LogP contribution in [0.25, 0.3) is 0 Å². The molecule has 1 heterocycles. The predicted molar refractivity (Wildman–Crippen MR) is 66.7 cm³/mol. The van der Waals surface area contributed by atoms with Gasteiger partial charge >= 0.3 is 6.09 Å². The molecule has 1 aliphatic heterocycles. The first kappa shape index (κ1) is 12.7. The Kier molecular flexibility index (Phi) is 3.10. The molecule has 1 spiro atoms. The quantitative estimate of drug-likeness (QED) is 0.764. The fourth-order valence-corrected chi connectivity index (χ4v) is 3.23. The van der Waals surface area contributed by atoms with E-state index in [-0.39, 0.29) is 12.1 Å². The molecule has 0 aromatic carbocycles. The van der Waals surface area contributed by atoms with Crippen LogP contribution in [0.5, 0.6) is 0 Å². The zero-order valence-corrected chi connectivity index (χ0v) is 11.2. The van der Waals surface area contributed by atoms with Gasteiger partial charge in [-0.15, -0.1) is 0 Å². The van der Waals surface area contributed by atoms with Gasteiger partial charge in [-0.25, -0.2) is 4.79 Å². The molecule has 1 atom stereocenters. The molecule has 17 heavy (non-hydrogen) atoms. The summed E-state index contributed by atoms with van der Waals surface area (Å²) in [6.45, 7) is 7.08. The smallest absolute Gasteiger partial charge is 0.410 e.